The molecule has 2 fully saturated rings. The number of ether oxygens (including phenoxy) is 1. The second-order valence-corrected chi connectivity index (χ2v) is 7.25. The molecule has 0 atom stereocenters. The minimum Gasteiger partial charge on any atom is -0.507 e. The Morgan fingerprint density at radius 1 is 1.22 bits per heavy atom. The van der Waals surface area contributed by atoms with Gasteiger partial charge in [-0.3, -0.25) is 4.79 Å². The molecule has 2 aromatic rings. The lowest BCUT2D eigenvalue weighted by atomic mass is 9.91. The van der Waals surface area contributed by atoms with Gasteiger partial charge in [-0.2, -0.15) is 0 Å². The summed E-state index contributed by atoms with van der Waals surface area (Å²) in [7, 11) is 0. The van der Waals surface area contributed by atoms with Crippen LogP contribution in [-0.2, 0) is 9.53 Å². The Kier molecular flexibility index (Phi) is 4.70. The Labute approximate surface area is 158 Å². The fourth-order valence-corrected chi connectivity index (χ4v) is 3.72. The highest BCUT2D eigenvalue weighted by Gasteiger charge is 2.37. The zero-order chi connectivity index (χ0) is 18.9. The molecule has 4 rings (SSSR count). The predicted molar refractivity (Wildman–Crippen MR) is 102 cm³/mol. The van der Waals surface area contributed by atoms with Crippen LogP contribution in [0, 0.1) is 6.92 Å². The van der Waals surface area contributed by atoms with Gasteiger partial charge in [0.05, 0.1) is 17.8 Å². The van der Waals surface area contributed by atoms with Crippen molar-refractivity contribution in [3.8, 4) is 17.1 Å². The average Bonchev–Trinajstić information content (AvgIpc) is 2.84. The predicted octanol–water partition coefficient (Wildman–Crippen LogP) is 2.03. The Morgan fingerprint density at radius 2 is 2.00 bits per heavy atom. The summed E-state index contributed by atoms with van der Waals surface area (Å²) in [4.78, 5) is 23.0. The van der Waals surface area contributed by atoms with Crippen molar-refractivity contribution in [2.24, 2.45) is 0 Å². The van der Waals surface area contributed by atoms with Gasteiger partial charge in [-0.1, -0.05) is 12.1 Å². The maximum atomic E-state index is 11.6. The number of amides is 1. The molecule has 7 nitrogen and oxygen atoms in total. The summed E-state index contributed by atoms with van der Waals surface area (Å²) in [6.07, 6.45) is 2.10. The lowest BCUT2D eigenvalue weighted by Gasteiger charge is -2.41. The molecule has 7 heteroatoms. The van der Waals surface area contributed by atoms with Gasteiger partial charge in [0.15, 0.2) is 5.82 Å². The fourth-order valence-electron chi connectivity index (χ4n) is 3.72. The van der Waals surface area contributed by atoms with Crippen molar-refractivity contribution in [2.75, 3.05) is 31.1 Å². The Morgan fingerprint density at radius 3 is 2.78 bits per heavy atom. The smallest absolute Gasteiger partial charge is 0.222 e. The van der Waals surface area contributed by atoms with Crippen LogP contribution in [0.5, 0.6) is 5.75 Å². The molecule has 0 bridgehead atoms. The van der Waals surface area contributed by atoms with E-state index in [0.29, 0.717) is 31.0 Å². The van der Waals surface area contributed by atoms with Crippen molar-refractivity contribution in [1.82, 2.24) is 15.3 Å². The molecule has 0 aliphatic carbocycles. The van der Waals surface area contributed by atoms with E-state index >= 15 is 0 Å². The van der Waals surface area contributed by atoms with Crippen LogP contribution in [0.2, 0.25) is 0 Å². The molecule has 27 heavy (non-hydrogen) atoms. The van der Waals surface area contributed by atoms with Crippen LogP contribution >= 0.6 is 0 Å². The number of aromatic hydroxyl groups is 1. The molecular weight excluding hydrogens is 344 g/mol. The first-order chi connectivity index (χ1) is 13.0. The van der Waals surface area contributed by atoms with E-state index in [1.807, 2.05) is 25.1 Å². The molecule has 2 aliphatic rings. The van der Waals surface area contributed by atoms with Crippen LogP contribution in [0.4, 0.5) is 5.82 Å². The summed E-state index contributed by atoms with van der Waals surface area (Å²) < 4.78 is 6.04. The number of phenols is 1. The van der Waals surface area contributed by atoms with Crippen LogP contribution in [0.3, 0.4) is 0 Å². The number of hydrogen-bond acceptors (Lipinski definition) is 6. The molecule has 2 aliphatic heterocycles. The Bertz CT molecular complexity index is 847. The lowest BCUT2D eigenvalue weighted by Crippen LogP contribution is -2.51. The number of aromatic nitrogens is 2. The summed E-state index contributed by atoms with van der Waals surface area (Å²) in [5.41, 5.74) is 1.22. The third kappa shape index (κ3) is 3.73. The molecule has 3 heterocycles. The first-order valence-electron chi connectivity index (χ1n) is 9.34. The summed E-state index contributed by atoms with van der Waals surface area (Å²) in [5.74, 6) is 1.62. The summed E-state index contributed by atoms with van der Waals surface area (Å²) >= 11 is 0. The number of aryl methyl sites for hydroxylation is 1. The van der Waals surface area contributed by atoms with Crippen molar-refractivity contribution in [1.29, 1.82) is 0 Å². The number of nitrogens with one attached hydrogen (secondary N) is 1. The highest BCUT2D eigenvalue weighted by molar-refractivity contribution is 5.76. The van der Waals surface area contributed by atoms with Crippen molar-refractivity contribution in [2.45, 2.75) is 31.8 Å². The molecule has 1 amide bonds. The number of hydrogen-bond donors (Lipinski definition) is 2. The van der Waals surface area contributed by atoms with E-state index in [4.69, 9.17) is 9.72 Å². The third-order valence-corrected chi connectivity index (χ3v) is 5.33. The summed E-state index contributed by atoms with van der Waals surface area (Å²) in [5, 5.41) is 13.1. The topological polar surface area (TPSA) is 87.6 Å². The zero-order valence-corrected chi connectivity index (χ0v) is 15.4. The monoisotopic (exact) mass is 368 g/mol. The van der Waals surface area contributed by atoms with E-state index in [0.717, 1.165) is 37.4 Å². The van der Waals surface area contributed by atoms with Gasteiger partial charge in [-0.25, -0.2) is 9.97 Å². The number of para-hydroxylation sites is 1. The van der Waals surface area contributed by atoms with Gasteiger partial charge in [-0.15, -0.1) is 0 Å². The molecule has 1 aromatic heterocycles. The second-order valence-electron chi connectivity index (χ2n) is 7.25. The number of nitrogens with zero attached hydrogens (tertiary/aromatic N) is 3. The van der Waals surface area contributed by atoms with E-state index in [2.05, 4.69) is 15.2 Å². The lowest BCUT2D eigenvalue weighted by molar-refractivity contribution is -0.120. The molecule has 0 unspecified atom stereocenters. The number of benzene rings is 1. The van der Waals surface area contributed by atoms with Crippen LogP contribution in [0.15, 0.2) is 30.3 Å². The molecule has 2 N–H and O–H groups in total. The van der Waals surface area contributed by atoms with Gasteiger partial charge in [0, 0.05) is 37.8 Å². The van der Waals surface area contributed by atoms with Gasteiger partial charge in [0.25, 0.3) is 0 Å². The Hall–Kier alpha value is -2.67. The van der Waals surface area contributed by atoms with E-state index in [1.54, 1.807) is 12.1 Å². The minimum absolute atomic E-state index is 0.0630. The van der Waals surface area contributed by atoms with Gasteiger partial charge < -0.3 is 20.1 Å². The molecule has 0 saturated carbocycles. The van der Waals surface area contributed by atoms with Gasteiger partial charge >= 0.3 is 0 Å². The number of phenolic OH excluding ortho intramolecular Hbond substituents is 1. The maximum absolute atomic E-state index is 11.6. The molecule has 142 valence electrons. The second kappa shape index (κ2) is 7.15. The summed E-state index contributed by atoms with van der Waals surface area (Å²) in [6, 6.07) is 9.08. The van der Waals surface area contributed by atoms with Crippen LogP contribution in [0.25, 0.3) is 11.4 Å². The maximum Gasteiger partial charge on any atom is 0.222 e. The normalized spacial score (nSPS) is 19.6. The highest BCUT2D eigenvalue weighted by Crippen LogP contribution is 2.32. The van der Waals surface area contributed by atoms with E-state index in [1.165, 1.54) is 0 Å². The molecule has 1 spiro atoms. The largest absolute Gasteiger partial charge is 0.507 e. The number of anilines is 1. The Balaban J connectivity index is 1.53. The van der Waals surface area contributed by atoms with Gasteiger partial charge in [0.2, 0.25) is 5.91 Å². The van der Waals surface area contributed by atoms with Gasteiger partial charge in [-0.05, 0) is 31.9 Å². The van der Waals surface area contributed by atoms with Crippen molar-refractivity contribution < 1.29 is 14.6 Å². The minimum atomic E-state index is -0.273. The number of rotatable bonds is 2. The van der Waals surface area contributed by atoms with E-state index in [9.17, 15) is 9.90 Å². The molecular formula is C20H24N4O3. The van der Waals surface area contributed by atoms with E-state index in [-0.39, 0.29) is 17.3 Å². The first kappa shape index (κ1) is 17.7. The quantitative estimate of drug-likeness (QED) is 0.843. The van der Waals surface area contributed by atoms with Crippen molar-refractivity contribution in [3.63, 3.8) is 0 Å². The first-order valence-corrected chi connectivity index (χ1v) is 9.34. The number of carbonyl (C=O) groups excluding carboxylic acids is 1. The number of piperidine rings is 1. The summed E-state index contributed by atoms with van der Waals surface area (Å²) in [6.45, 7) is 4.59. The third-order valence-electron chi connectivity index (χ3n) is 5.33. The average molecular weight is 368 g/mol. The van der Waals surface area contributed by atoms with E-state index < -0.39 is 0 Å². The highest BCUT2D eigenvalue weighted by atomic mass is 16.5. The van der Waals surface area contributed by atoms with Crippen molar-refractivity contribution in [3.05, 3.63) is 36.0 Å². The molecule has 0 radical (unpaired) electrons. The standard InChI is InChI=1S/C20H24N4O3/c1-14-12-17(23-19(22-14)15-4-2-3-5-16(15)25)24-9-7-20(8-10-24)13-21-18(26)6-11-27-20/h2-5,12,25H,6-11,13H2,1H3,(H,21,26). The van der Waals surface area contributed by atoms with Crippen molar-refractivity contribution >= 4 is 11.7 Å². The molecule has 2 saturated heterocycles. The van der Waals surface area contributed by atoms with Crippen LogP contribution in [0.1, 0.15) is 25.0 Å². The molecule has 1 aromatic carbocycles. The number of carbonyl (C=O) groups is 1. The SMILES string of the molecule is Cc1cc(N2CCC3(CC2)CNC(=O)CCO3)nc(-c2ccccc2O)n1. The fraction of sp³-hybridized carbons (Fsp3) is 0.450. The van der Waals surface area contributed by atoms with Crippen LogP contribution in [-0.4, -0.2) is 52.8 Å². The van der Waals surface area contributed by atoms with Crippen LogP contribution < -0.4 is 10.2 Å². The van der Waals surface area contributed by atoms with Gasteiger partial charge in [0.1, 0.15) is 11.6 Å². The zero-order valence-electron chi connectivity index (χ0n) is 15.4.